The number of likely N-dealkylation sites (tertiary alicyclic amines) is 1. The van der Waals surface area contributed by atoms with Crippen molar-refractivity contribution in [2.75, 3.05) is 11.9 Å². The maximum absolute atomic E-state index is 14.5. The average molecular weight is 754 g/mol. The van der Waals surface area contributed by atoms with Crippen molar-refractivity contribution in [3.05, 3.63) is 76.8 Å². The SMILES string of the molecule is C=CC1CC1(NC(=O)C1CC(OC(=O)N2Cc3cccc(Cl)c3C2)CN1C(=O)C(Nc1cccc(C(C)(C)C)c1)C(C)C)C(=O)NS(=O)(=O)C1CC1. The molecule has 14 heteroatoms. The Morgan fingerprint density at radius 3 is 2.40 bits per heavy atom. The van der Waals surface area contributed by atoms with E-state index in [0.717, 1.165) is 22.4 Å². The molecule has 52 heavy (non-hydrogen) atoms. The van der Waals surface area contributed by atoms with Crippen LogP contribution in [-0.2, 0) is 47.6 Å². The zero-order valence-corrected chi connectivity index (χ0v) is 31.9. The molecule has 2 aromatic carbocycles. The highest BCUT2D eigenvalue weighted by atomic mass is 35.5. The molecule has 12 nitrogen and oxygen atoms in total. The Hall–Kier alpha value is -4.10. The number of rotatable bonds is 11. The number of nitrogens with zero attached hydrogens (tertiary/aromatic N) is 2. The predicted molar refractivity (Wildman–Crippen MR) is 198 cm³/mol. The van der Waals surface area contributed by atoms with E-state index < -0.39 is 62.8 Å². The van der Waals surface area contributed by atoms with Gasteiger partial charge in [-0.25, -0.2) is 13.2 Å². The number of hydrogen-bond donors (Lipinski definition) is 3. The molecule has 0 radical (unpaired) electrons. The van der Waals surface area contributed by atoms with Crippen LogP contribution in [0, 0.1) is 11.8 Å². The molecule has 4 aliphatic rings. The van der Waals surface area contributed by atoms with Crippen LogP contribution in [0.15, 0.2) is 55.1 Å². The predicted octanol–water partition coefficient (Wildman–Crippen LogP) is 4.87. The van der Waals surface area contributed by atoms with E-state index in [9.17, 15) is 27.6 Å². The largest absolute Gasteiger partial charge is 0.444 e. The van der Waals surface area contributed by atoms with Crippen LogP contribution in [0.4, 0.5) is 10.5 Å². The second-order valence-electron chi connectivity index (χ2n) is 15.9. The van der Waals surface area contributed by atoms with Crippen molar-refractivity contribution < 1.29 is 32.3 Å². The molecule has 0 aromatic heterocycles. The lowest BCUT2D eigenvalue weighted by Crippen LogP contribution is -2.58. The zero-order valence-electron chi connectivity index (χ0n) is 30.3. The molecule has 5 atom stereocenters. The molecule has 2 aromatic rings. The van der Waals surface area contributed by atoms with Gasteiger partial charge in [0.25, 0.3) is 5.91 Å². The first-order valence-corrected chi connectivity index (χ1v) is 19.8. The van der Waals surface area contributed by atoms with Crippen molar-refractivity contribution in [2.45, 2.75) is 108 Å². The summed E-state index contributed by atoms with van der Waals surface area (Å²) in [7, 11) is -3.88. The van der Waals surface area contributed by atoms with E-state index in [1.807, 2.05) is 50.2 Å². The van der Waals surface area contributed by atoms with E-state index in [-0.39, 0.29) is 43.2 Å². The van der Waals surface area contributed by atoms with E-state index in [4.69, 9.17) is 16.3 Å². The molecular weight excluding hydrogens is 706 g/mol. The third-order valence-corrected chi connectivity index (χ3v) is 12.7. The highest BCUT2D eigenvalue weighted by molar-refractivity contribution is 7.91. The highest BCUT2D eigenvalue weighted by Crippen LogP contribution is 2.45. The van der Waals surface area contributed by atoms with Gasteiger partial charge in [0, 0.05) is 29.6 Å². The van der Waals surface area contributed by atoms with Crippen molar-refractivity contribution in [1.29, 1.82) is 0 Å². The number of sulfonamides is 1. The average Bonchev–Trinajstić information content (AvgIpc) is 3.97. The maximum atomic E-state index is 14.5. The fraction of sp³-hybridized carbons (Fsp3) is 0.526. The van der Waals surface area contributed by atoms with Gasteiger partial charge in [-0.05, 0) is 65.5 Å². The minimum absolute atomic E-state index is 0.0218. The van der Waals surface area contributed by atoms with Crippen LogP contribution in [0.25, 0.3) is 0 Å². The van der Waals surface area contributed by atoms with E-state index >= 15 is 0 Å². The molecule has 0 spiro atoms. The molecule has 6 rings (SSSR count). The van der Waals surface area contributed by atoms with Gasteiger partial charge in [0.2, 0.25) is 21.8 Å². The lowest BCUT2D eigenvalue weighted by atomic mass is 9.87. The Kier molecular flexibility index (Phi) is 10.2. The van der Waals surface area contributed by atoms with Gasteiger partial charge >= 0.3 is 6.09 Å². The minimum atomic E-state index is -3.88. The van der Waals surface area contributed by atoms with E-state index in [1.54, 1.807) is 6.07 Å². The molecule has 0 bridgehead atoms. The number of halogens is 1. The molecule has 4 amide bonds. The number of carbonyl (C=O) groups is 4. The topological polar surface area (TPSA) is 154 Å². The number of carbonyl (C=O) groups excluding carboxylic acids is 4. The molecule has 1 saturated heterocycles. The summed E-state index contributed by atoms with van der Waals surface area (Å²) >= 11 is 6.38. The fourth-order valence-electron chi connectivity index (χ4n) is 7.07. The Balaban J connectivity index is 1.24. The van der Waals surface area contributed by atoms with Crippen molar-refractivity contribution >= 4 is 51.1 Å². The van der Waals surface area contributed by atoms with Gasteiger partial charge in [0.1, 0.15) is 23.7 Å². The van der Waals surface area contributed by atoms with Crippen LogP contribution in [0.5, 0.6) is 0 Å². The molecule has 3 N–H and O–H groups in total. The Labute approximate surface area is 310 Å². The van der Waals surface area contributed by atoms with Crippen molar-refractivity contribution in [3.8, 4) is 0 Å². The van der Waals surface area contributed by atoms with Crippen molar-refractivity contribution in [1.82, 2.24) is 19.8 Å². The number of hydrogen-bond acceptors (Lipinski definition) is 8. The molecule has 3 fully saturated rings. The number of amides is 4. The quantitative estimate of drug-likeness (QED) is 0.275. The molecule has 2 aliphatic carbocycles. The Morgan fingerprint density at radius 2 is 1.79 bits per heavy atom. The molecule has 2 aliphatic heterocycles. The van der Waals surface area contributed by atoms with Crippen molar-refractivity contribution in [3.63, 3.8) is 0 Å². The first-order chi connectivity index (χ1) is 24.4. The number of anilines is 1. The summed E-state index contributed by atoms with van der Waals surface area (Å²) in [6.07, 6.45) is 1.15. The summed E-state index contributed by atoms with van der Waals surface area (Å²) in [5.41, 5.74) is 1.93. The molecule has 2 saturated carbocycles. The van der Waals surface area contributed by atoms with Crippen LogP contribution in [0.1, 0.15) is 77.0 Å². The minimum Gasteiger partial charge on any atom is -0.444 e. The zero-order chi connectivity index (χ0) is 37.7. The van der Waals surface area contributed by atoms with Crippen LogP contribution in [0.2, 0.25) is 5.02 Å². The van der Waals surface area contributed by atoms with Gasteiger partial charge in [-0.3, -0.25) is 24.0 Å². The van der Waals surface area contributed by atoms with Gasteiger partial charge in [-0.15, -0.1) is 6.58 Å². The number of benzene rings is 2. The van der Waals surface area contributed by atoms with Crippen LogP contribution in [-0.4, -0.2) is 77.6 Å². The summed E-state index contributed by atoms with van der Waals surface area (Å²) in [5, 5.41) is 6.11. The van der Waals surface area contributed by atoms with E-state index in [0.29, 0.717) is 24.4 Å². The standard InChI is InChI=1S/C38H48ClN5O7S/c1-7-24-18-38(24,35(47)42-52(49,50)28-14-15-28)41-33(45)31-17-27(51-36(48)43-19-23-10-8-13-30(39)29(23)21-43)20-44(31)34(46)32(22(2)3)40-26-12-9-11-25(16-26)37(4,5)6/h7-13,16,22,24,27-28,31-32,40H,1,14-15,17-21H2,2-6H3,(H,41,45)(H,42,47). The number of fused-ring (bicyclic) bond motifs is 1. The first kappa shape index (κ1) is 37.7. The fourth-order valence-corrected chi connectivity index (χ4v) is 8.69. The molecule has 280 valence electrons. The summed E-state index contributed by atoms with van der Waals surface area (Å²) in [6, 6.07) is 11.5. The van der Waals surface area contributed by atoms with Gasteiger partial charge < -0.3 is 20.3 Å². The second kappa shape index (κ2) is 14.0. The van der Waals surface area contributed by atoms with Crippen LogP contribution in [0.3, 0.4) is 0 Å². The van der Waals surface area contributed by atoms with Gasteiger partial charge in [-0.1, -0.05) is 76.6 Å². The molecular formula is C38H48ClN5O7S. The van der Waals surface area contributed by atoms with E-state index in [1.165, 1.54) is 15.9 Å². The summed E-state index contributed by atoms with van der Waals surface area (Å²) in [6.45, 7) is 14.4. The second-order valence-corrected chi connectivity index (χ2v) is 18.2. The Morgan fingerprint density at radius 1 is 1.08 bits per heavy atom. The van der Waals surface area contributed by atoms with E-state index in [2.05, 4.69) is 42.7 Å². The Bertz CT molecular complexity index is 1890. The van der Waals surface area contributed by atoms with Gasteiger partial charge in [0.15, 0.2) is 0 Å². The van der Waals surface area contributed by atoms with Crippen LogP contribution >= 0.6 is 11.6 Å². The van der Waals surface area contributed by atoms with Crippen molar-refractivity contribution in [2.24, 2.45) is 11.8 Å². The van der Waals surface area contributed by atoms with Crippen LogP contribution < -0.4 is 15.4 Å². The number of ether oxygens (including phenoxy) is 1. The summed E-state index contributed by atoms with van der Waals surface area (Å²) in [4.78, 5) is 58.6. The normalized spacial score (nSPS) is 24.6. The molecule has 5 unspecified atom stereocenters. The number of nitrogens with one attached hydrogen (secondary N) is 3. The van der Waals surface area contributed by atoms with Gasteiger partial charge in [0.05, 0.1) is 18.3 Å². The maximum Gasteiger partial charge on any atom is 0.410 e. The lowest BCUT2D eigenvalue weighted by Gasteiger charge is -2.32. The van der Waals surface area contributed by atoms with Gasteiger partial charge in [-0.2, -0.15) is 0 Å². The summed E-state index contributed by atoms with van der Waals surface area (Å²) in [5.74, 6) is -2.56. The molecule has 2 heterocycles. The smallest absolute Gasteiger partial charge is 0.410 e. The third-order valence-electron chi connectivity index (χ3n) is 10.5. The third kappa shape index (κ3) is 7.66. The monoisotopic (exact) mass is 753 g/mol. The first-order valence-electron chi connectivity index (χ1n) is 17.8. The highest BCUT2D eigenvalue weighted by Gasteiger charge is 2.62. The lowest BCUT2D eigenvalue weighted by molar-refractivity contribution is -0.140. The summed E-state index contributed by atoms with van der Waals surface area (Å²) < 4.78 is 33.5.